The molecular weight excluding hydrogens is 749 g/mol. The first-order valence-corrected chi connectivity index (χ1v) is 18.9. The fourth-order valence-electron chi connectivity index (χ4n) is 5.58. The average molecular weight is 787 g/mol. The molecule has 0 bridgehead atoms. The third kappa shape index (κ3) is 9.19. The number of thioether (sulfide) groups is 1. The Hall–Kier alpha value is -5.43. The normalized spacial score (nSPS) is 15.0. The van der Waals surface area contributed by atoms with Gasteiger partial charge in [0, 0.05) is 23.3 Å². The van der Waals surface area contributed by atoms with Gasteiger partial charge in [-0.15, -0.1) is 23.1 Å². The monoisotopic (exact) mass is 786 g/mol. The molecule has 3 heterocycles. The van der Waals surface area contributed by atoms with Crippen LogP contribution in [-0.4, -0.2) is 97.8 Å². The van der Waals surface area contributed by atoms with E-state index in [1.165, 1.54) is 17.8 Å². The topological polar surface area (TPSA) is 216 Å². The first kappa shape index (κ1) is 39.8. The Bertz CT molecular complexity index is 2000. The largest absolute Gasteiger partial charge is 0.513 e. The highest BCUT2D eigenvalue weighted by Gasteiger charge is 2.36. The molecule has 0 aliphatic carbocycles. The van der Waals surface area contributed by atoms with Crippen LogP contribution >= 0.6 is 23.1 Å². The number of anilines is 1. The number of rotatable bonds is 13. The van der Waals surface area contributed by atoms with E-state index >= 15 is 0 Å². The van der Waals surface area contributed by atoms with E-state index in [0.717, 1.165) is 11.3 Å². The standard InChI is InChI=1S/C35H38N4O13S2/c1-6-46-31(41)19(37-33(43)48-8-3)11-17-12-21(51-34(44)49-9-4)26-23(13-17)54-30(39-26)28-25-18(14-20(36-28)32(42)47-7-2)15-22(52-35(45)50-10-5)27-29(25)53-16-24(40)38-27/h12-13,15,19-20H,6-11,14,16H2,1-5H3,(H,37,43)(H,38,40). The molecule has 0 spiro atoms. The number of thiazole rings is 1. The van der Waals surface area contributed by atoms with Gasteiger partial charge in [-0.1, -0.05) is 0 Å². The van der Waals surface area contributed by atoms with Gasteiger partial charge in [0.15, 0.2) is 17.5 Å². The Morgan fingerprint density at radius 2 is 1.54 bits per heavy atom. The molecule has 2 aliphatic rings. The Morgan fingerprint density at radius 1 is 0.870 bits per heavy atom. The highest BCUT2D eigenvalue weighted by atomic mass is 32.2. The van der Waals surface area contributed by atoms with Crippen molar-refractivity contribution in [2.45, 2.75) is 64.4 Å². The van der Waals surface area contributed by atoms with Gasteiger partial charge in [-0.05, 0) is 63.9 Å². The van der Waals surface area contributed by atoms with E-state index in [4.69, 9.17) is 43.1 Å². The number of benzene rings is 2. The number of alkyl carbamates (subject to hydrolysis) is 1. The Kier molecular flexibility index (Phi) is 13.3. The molecule has 17 nitrogen and oxygen atoms in total. The SMILES string of the molecule is CCOC(=O)NC(Cc1cc(OC(=O)OCC)c2nc(C3=NC(C(=O)OCC)Cc4cc(OC(=O)OCC)c5c(c43)SCC(=O)N5)sc2c1)C(=O)OCC. The van der Waals surface area contributed by atoms with Crippen molar-refractivity contribution in [3.8, 4) is 11.5 Å². The molecule has 2 aliphatic heterocycles. The maximum absolute atomic E-state index is 13.2. The fraction of sp³-hybridized carbons (Fsp3) is 0.429. The number of carbonyl (C=O) groups excluding carboxylic acids is 6. The summed E-state index contributed by atoms with van der Waals surface area (Å²) in [6.45, 7) is 8.49. The minimum atomic E-state index is -1.16. The first-order valence-electron chi connectivity index (χ1n) is 17.1. The van der Waals surface area contributed by atoms with Gasteiger partial charge in [0.25, 0.3) is 0 Å². The Morgan fingerprint density at radius 3 is 2.20 bits per heavy atom. The number of esters is 2. The van der Waals surface area contributed by atoms with Crippen LogP contribution in [0.5, 0.6) is 11.5 Å². The number of aliphatic imine (C=N–C) groups is 1. The minimum Gasteiger partial charge on any atom is -0.464 e. The number of aromatic nitrogens is 1. The number of nitrogens with zero attached hydrogens (tertiary/aromatic N) is 2. The summed E-state index contributed by atoms with van der Waals surface area (Å²) in [5.41, 5.74) is 2.29. The summed E-state index contributed by atoms with van der Waals surface area (Å²) < 4.78 is 37.1. The molecule has 2 N–H and O–H groups in total. The molecule has 54 heavy (non-hydrogen) atoms. The van der Waals surface area contributed by atoms with Crippen molar-refractivity contribution >= 4 is 81.0 Å². The van der Waals surface area contributed by atoms with Crippen LogP contribution in [0.1, 0.15) is 56.3 Å². The second-order valence-electron chi connectivity index (χ2n) is 11.3. The van der Waals surface area contributed by atoms with E-state index in [-0.39, 0.29) is 86.0 Å². The first-order chi connectivity index (χ1) is 26.0. The summed E-state index contributed by atoms with van der Waals surface area (Å²) in [6, 6.07) is 2.58. The van der Waals surface area contributed by atoms with E-state index in [0.29, 0.717) is 31.3 Å². The van der Waals surface area contributed by atoms with E-state index in [9.17, 15) is 28.8 Å². The molecule has 0 radical (unpaired) electrons. The molecule has 0 saturated heterocycles. The number of nitrogens with one attached hydrogen (secondary N) is 2. The smallest absolute Gasteiger partial charge is 0.464 e. The number of ether oxygens (including phenoxy) is 7. The van der Waals surface area contributed by atoms with Crippen molar-refractivity contribution < 1.29 is 61.9 Å². The maximum atomic E-state index is 13.2. The van der Waals surface area contributed by atoms with Crippen molar-refractivity contribution in [2.75, 3.05) is 44.1 Å². The fourth-order valence-corrected chi connectivity index (χ4v) is 7.65. The zero-order valence-electron chi connectivity index (χ0n) is 30.1. The second-order valence-corrected chi connectivity index (χ2v) is 13.3. The zero-order valence-corrected chi connectivity index (χ0v) is 31.7. The number of fused-ring (bicyclic) bond motifs is 4. The van der Waals surface area contributed by atoms with Crippen LogP contribution in [0, 0.1) is 0 Å². The molecule has 3 aromatic rings. The van der Waals surface area contributed by atoms with Crippen LogP contribution in [0.4, 0.5) is 20.1 Å². The van der Waals surface area contributed by atoms with Crippen LogP contribution < -0.4 is 20.1 Å². The van der Waals surface area contributed by atoms with E-state index < -0.39 is 42.4 Å². The highest BCUT2D eigenvalue weighted by molar-refractivity contribution is 8.00. The van der Waals surface area contributed by atoms with Gasteiger partial charge in [0.2, 0.25) is 5.91 Å². The van der Waals surface area contributed by atoms with Gasteiger partial charge in [-0.2, -0.15) is 0 Å². The van der Waals surface area contributed by atoms with Crippen LogP contribution in [-0.2, 0) is 50.9 Å². The molecule has 2 unspecified atom stereocenters. The van der Waals surface area contributed by atoms with Gasteiger partial charge in [0.05, 0.1) is 49.2 Å². The quantitative estimate of drug-likeness (QED) is 0.133. The molecule has 5 rings (SSSR count). The van der Waals surface area contributed by atoms with Crippen molar-refractivity contribution in [3.05, 3.63) is 39.9 Å². The predicted octanol–water partition coefficient (Wildman–Crippen LogP) is 4.96. The number of carbonyl (C=O) groups is 6. The van der Waals surface area contributed by atoms with E-state index in [1.54, 1.807) is 46.8 Å². The van der Waals surface area contributed by atoms with Crippen molar-refractivity contribution in [1.29, 1.82) is 0 Å². The molecule has 288 valence electrons. The van der Waals surface area contributed by atoms with Crippen molar-refractivity contribution in [3.63, 3.8) is 0 Å². The maximum Gasteiger partial charge on any atom is 0.513 e. The molecule has 0 saturated carbocycles. The van der Waals surface area contributed by atoms with Gasteiger partial charge in [-0.25, -0.2) is 29.0 Å². The van der Waals surface area contributed by atoms with Gasteiger partial charge < -0.3 is 43.8 Å². The molecule has 19 heteroatoms. The van der Waals surface area contributed by atoms with Gasteiger partial charge in [-0.3, -0.25) is 9.79 Å². The molecule has 0 fully saturated rings. The molecule has 1 aromatic heterocycles. The summed E-state index contributed by atoms with van der Waals surface area (Å²) in [4.78, 5) is 86.2. The lowest BCUT2D eigenvalue weighted by Gasteiger charge is -2.28. The van der Waals surface area contributed by atoms with Crippen LogP contribution in [0.15, 0.2) is 28.1 Å². The predicted molar refractivity (Wildman–Crippen MR) is 195 cm³/mol. The molecular formula is C35H38N4O13S2. The molecule has 2 amide bonds. The van der Waals surface area contributed by atoms with Crippen LogP contribution in [0.2, 0.25) is 0 Å². The van der Waals surface area contributed by atoms with E-state index in [1.807, 2.05) is 0 Å². The summed E-state index contributed by atoms with van der Waals surface area (Å²) in [7, 11) is 0. The van der Waals surface area contributed by atoms with Crippen LogP contribution in [0.25, 0.3) is 10.2 Å². The lowest BCUT2D eigenvalue weighted by atomic mass is 9.92. The van der Waals surface area contributed by atoms with Crippen molar-refractivity contribution in [1.82, 2.24) is 10.3 Å². The minimum absolute atomic E-state index is 0.0115. The summed E-state index contributed by atoms with van der Waals surface area (Å²) in [5.74, 6) is -1.57. The number of amides is 2. The molecule has 2 atom stereocenters. The van der Waals surface area contributed by atoms with Crippen molar-refractivity contribution in [2.24, 2.45) is 4.99 Å². The summed E-state index contributed by atoms with van der Waals surface area (Å²) in [5, 5.41) is 5.60. The third-order valence-electron chi connectivity index (χ3n) is 7.64. The van der Waals surface area contributed by atoms with Crippen LogP contribution in [0.3, 0.4) is 0 Å². The Labute approximate surface area is 317 Å². The zero-order chi connectivity index (χ0) is 38.9. The highest BCUT2D eigenvalue weighted by Crippen LogP contribution is 2.46. The van der Waals surface area contributed by atoms with E-state index in [2.05, 4.69) is 10.6 Å². The average Bonchev–Trinajstić information content (AvgIpc) is 3.56. The number of hydrogen-bond donors (Lipinski definition) is 2. The third-order valence-corrected chi connectivity index (χ3v) is 9.76. The number of hydrogen-bond acceptors (Lipinski definition) is 17. The summed E-state index contributed by atoms with van der Waals surface area (Å²) in [6.07, 6.45) is -2.81. The van der Waals surface area contributed by atoms with Gasteiger partial charge in [0.1, 0.15) is 22.3 Å². The lowest BCUT2D eigenvalue weighted by molar-refractivity contribution is -0.146. The molecule has 2 aromatic carbocycles. The Balaban J connectivity index is 1.67. The summed E-state index contributed by atoms with van der Waals surface area (Å²) >= 11 is 2.34. The second kappa shape index (κ2) is 18.1. The lowest BCUT2D eigenvalue weighted by Crippen LogP contribution is -2.43. The van der Waals surface area contributed by atoms with Gasteiger partial charge >= 0.3 is 30.3 Å².